The third kappa shape index (κ3) is 7.83. The Hall–Kier alpha value is -1.82. The first-order chi connectivity index (χ1) is 16.2. The summed E-state index contributed by atoms with van der Waals surface area (Å²) in [5.74, 6) is -0.155. The Balaban J connectivity index is 2.38. The number of carbonyl (C=O) groups is 2. The minimum atomic E-state index is -1.05. The van der Waals surface area contributed by atoms with Crippen LogP contribution in [-0.4, -0.2) is 29.0 Å². The predicted molar refractivity (Wildman–Crippen MR) is 143 cm³/mol. The summed E-state index contributed by atoms with van der Waals surface area (Å²) < 4.78 is 21.0. The third-order valence-corrected chi connectivity index (χ3v) is 9.05. The van der Waals surface area contributed by atoms with Gasteiger partial charge in [0, 0.05) is 29.6 Å². The molecule has 0 bridgehead atoms. The van der Waals surface area contributed by atoms with E-state index in [1.807, 2.05) is 59.1 Å². The molecule has 35 heavy (non-hydrogen) atoms. The minimum absolute atomic E-state index is 0.136. The van der Waals surface area contributed by atoms with Gasteiger partial charge >= 0.3 is 5.97 Å². The predicted octanol–water partition coefficient (Wildman–Crippen LogP) is 7.76. The molecule has 1 aliphatic rings. The van der Waals surface area contributed by atoms with Crippen LogP contribution in [0.2, 0.25) is 0 Å². The first kappa shape index (κ1) is 29.4. The lowest BCUT2D eigenvalue weighted by atomic mass is 9.67. The molecule has 0 radical (unpaired) electrons. The van der Waals surface area contributed by atoms with Gasteiger partial charge in [-0.2, -0.15) is 0 Å². The number of thiazole rings is 1. The number of aryl methyl sites for hydroxylation is 1. The van der Waals surface area contributed by atoms with E-state index in [4.69, 9.17) is 4.74 Å². The number of nitrogens with zero attached hydrogens (tertiary/aromatic N) is 1. The number of rotatable bonds is 2. The summed E-state index contributed by atoms with van der Waals surface area (Å²) in [7, 11) is 0. The summed E-state index contributed by atoms with van der Waals surface area (Å²) in [6.07, 6.45) is 3.94. The van der Waals surface area contributed by atoms with E-state index >= 15 is 4.39 Å². The number of hydrogen-bond donors (Lipinski definition) is 0. The van der Waals surface area contributed by atoms with E-state index in [0.29, 0.717) is 18.4 Å². The monoisotopic (exact) mass is 505 g/mol. The number of ketones is 1. The largest absolute Gasteiger partial charge is 0.457 e. The van der Waals surface area contributed by atoms with Gasteiger partial charge in [0.25, 0.3) is 0 Å². The molecule has 2 rings (SSSR count). The average molecular weight is 506 g/mol. The van der Waals surface area contributed by atoms with E-state index < -0.39 is 17.7 Å². The molecule has 0 N–H and O–H groups in total. The number of aromatic nitrogens is 1. The van der Waals surface area contributed by atoms with Crippen LogP contribution >= 0.6 is 11.3 Å². The van der Waals surface area contributed by atoms with Crippen LogP contribution in [0.15, 0.2) is 22.6 Å². The maximum absolute atomic E-state index is 15.0. The van der Waals surface area contributed by atoms with Gasteiger partial charge in [-0.3, -0.25) is 9.59 Å². The fourth-order valence-corrected chi connectivity index (χ4v) is 5.26. The molecule has 6 heteroatoms. The number of esters is 1. The highest BCUT2D eigenvalue weighted by molar-refractivity contribution is 7.09. The molecule has 0 aliphatic carbocycles. The van der Waals surface area contributed by atoms with Crippen LogP contribution < -0.4 is 0 Å². The highest BCUT2D eigenvalue weighted by atomic mass is 32.1. The highest BCUT2D eigenvalue weighted by Gasteiger charge is 2.40. The Morgan fingerprint density at radius 3 is 2.43 bits per heavy atom. The fourth-order valence-electron chi connectivity index (χ4n) is 4.69. The Morgan fingerprint density at radius 1 is 1.17 bits per heavy atom. The summed E-state index contributed by atoms with van der Waals surface area (Å²) in [6, 6.07) is 0. The zero-order valence-electron chi connectivity index (χ0n) is 23.0. The highest BCUT2D eigenvalue weighted by Crippen LogP contribution is 2.38. The summed E-state index contributed by atoms with van der Waals surface area (Å²) in [5.41, 5.74) is 1.69. The van der Waals surface area contributed by atoms with Gasteiger partial charge in [0.1, 0.15) is 18.1 Å². The van der Waals surface area contributed by atoms with E-state index in [1.165, 1.54) is 0 Å². The van der Waals surface area contributed by atoms with Gasteiger partial charge in [-0.1, -0.05) is 47.6 Å². The van der Waals surface area contributed by atoms with E-state index in [2.05, 4.69) is 18.8 Å². The molecule has 1 aromatic rings. The minimum Gasteiger partial charge on any atom is -0.457 e. The molecule has 0 amide bonds. The second kappa shape index (κ2) is 12.4. The Bertz CT molecular complexity index is 947. The summed E-state index contributed by atoms with van der Waals surface area (Å²) >= 11 is 1.56. The van der Waals surface area contributed by atoms with E-state index in [0.717, 1.165) is 22.7 Å². The summed E-state index contributed by atoms with van der Waals surface area (Å²) in [4.78, 5) is 31.0. The van der Waals surface area contributed by atoms with Gasteiger partial charge in [-0.05, 0) is 68.6 Å². The van der Waals surface area contributed by atoms with Crippen molar-refractivity contribution in [3.05, 3.63) is 33.3 Å². The molecule has 0 aromatic carbocycles. The molecule has 0 saturated carbocycles. The number of carbonyl (C=O) groups excluding carboxylic acids is 2. The standard InChI is InChI=1S/C29H44FNO3S/c1-17-10-12-25(30)18(2)11-13-26(19(3)14-24-16-35-23(7)31-24)34-27(32)15-20(4)29(8,9)28(33)22(6)21(17)5/h11,14,16-17,20-22,25-26H,10,12-13,15H2,1-9H3/b18-11-,19-14+/t17-,20-,21-,22+,25-,26-/m0/s1. The lowest BCUT2D eigenvalue weighted by Crippen LogP contribution is -2.40. The SMILES string of the molecule is C/C1=C/C[C@@H](/C(C)=C/c2csc(C)n2)OC(=O)C[C@H](C)C(C)(C)C(=O)[C@H](C)[C@@H](C)[C@@H](C)CC[C@@H]1F. The lowest BCUT2D eigenvalue weighted by molar-refractivity contribution is -0.150. The van der Waals surface area contributed by atoms with Gasteiger partial charge in [0.05, 0.1) is 10.7 Å². The molecule has 2 heterocycles. The Kier molecular flexibility index (Phi) is 10.4. The number of allylic oxidation sites excluding steroid dienone is 1. The van der Waals surface area contributed by atoms with Crippen LogP contribution in [0.5, 0.6) is 0 Å². The molecule has 1 aromatic heterocycles. The smallest absolute Gasteiger partial charge is 0.306 e. The molecule has 1 aliphatic heterocycles. The maximum atomic E-state index is 15.0. The Morgan fingerprint density at radius 2 is 1.83 bits per heavy atom. The van der Waals surface area contributed by atoms with Crippen molar-refractivity contribution in [3.63, 3.8) is 0 Å². The molecule has 4 nitrogen and oxygen atoms in total. The quantitative estimate of drug-likeness (QED) is 0.304. The molecule has 196 valence electrons. The van der Waals surface area contributed by atoms with Crippen molar-refractivity contribution in [1.82, 2.24) is 4.98 Å². The van der Waals surface area contributed by atoms with Crippen molar-refractivity contribution in [2.24, 2.45) is 29.1 Å². The molecular formula is C29H44FNO3S. The number of halogens is 1. The molecule has 0 unspecified atom stereocenters. The second-order valence-electron chi connectivity index (χ2n) is 11.2. The van der Waals surface area contributed by atoms with E-state index in [-0.39, 0.29) is 41.8 Å². The fraction of sp³-hybridized carbons (Fsp3) is 0.690. The number of cyclic esters (lactones) is 1. The molecule has 0 spiro atoms. The van der Waals surface area contributed by atoms with Crippen molar-refractivity contribution in [3.8, 4) is 0 Å². The van der Waals surface area contributed by atoms with Gasteiger partial charge in [0.2, 0.25) is 0 Å². The zero-order valence-corrected chi connectivity index (χ0v) is 23.8. The van der Waals surface area contributed by atoms with Gasteiger partial charge < -0.3 is 4.74 Å². The van der Waals surface area contributed by atoms with Crippen LogP contribution in [-0.2, 0) is 14.3 Å². The van der Waals surface area contributed by atoms with Gasteiger partial charge in [-0.15, -0.1) is 11.3 Å². The Labute approximate surface area is 215 Å². The zero-order chi connectivity index (χ0) is 26.5. The van der Waals surface area contributed by atoms with Crippen LogP contribution in [0.4, 0.5) is 4.39 Å². The molecule has 6 atom stereocenters. The van der Waals surface area contributed by atoms with Crippen LogP contribution in [0.1, 0.15) is 91.8 Å². The van der Waals surface area contributed by atoms with Crippen molar-refractivity contribution in [1.29, 1.82) is 0 Å². The van der Waals surface area contributed by atoms with Gasteiger partial charge in [0.15, 0.2) is 0 Å². The van der Waals surface area contributed by atoms with E-state index in [9.17, 15) is 9.59 Å². The average Bonchev–Trinajstić information content (AvgIpc) is 3.21. The summed E-state index contributed by atoms with van der Waals surface area (Å²) in [6.45, 7) is 17.7. The number of hydrogen-bond acceptors (Lipinski definition) is 5. The first-order valence-electron chi connectivity index (χ1n) is 12.9. The lowest BCUT2D eigenvalue weighted by Gasteiger charge is -2.36. The molecule has 0 saturated heterocycles. The van der Waals surface area contributed by atoms with Crippen LogP contribution in [0.3, 0.4) is 0 Å². The second-order valence-corrected chi connectivity index (χ2v) is 12.3. The van der Waals surface area contributed by atoms with Crippen molar-refractivity contribution in [2.75, 3.05) is 0 Å². The van der Waals surface area contributed by atoms with Crippen molar-refractivity contribution in [2.45, 2.75) is 100 Å². The number of Topliss-reactive ketones (excluding diaryl/α,β-unsaturated/α-hetero) is 1. The van der Waals surface area contributed by atoms with Crippen molar-refractivity contribution < 1.29 is 18.7 Å². The number of ether oxygens (including phenoxy) is 1. The first-order valence-corrected chi connectivity index (χ1v) is 13.8. The summed E-state index contributed by atoms with van der Waals surface area (Å²) in [5, 5.41) is 2.93. The number of alkyl halides is 1. The van der Waals surface area contributed by atoms with Crippen LogP contribution in [0, 0.1) is 36.0 Å². The maximum Gasteiger partial charge on any atom is 0.306 e. The molecule has 0 fully saturated rings. The normalized spacial score (nSPS) is 33.7. The molecular weight excluding hydrogens is 461 g/mol. The third-order valence-electron chi connectivity index (χ3n) is 8.26. The topological polar surface area (TPSA) is 56.3 Å². The van der Waals surface area contributed by atoms with Gasteiger partial charge in [-0.25, -0.2) is 9.37 Å². The van der Waals surface area contributed by atoms with Crippen LogP contribution in [0.25, 0.3) is 6.08 Å². The van der Waals surface area contributed by atoms with Crippen molar-refractivity contribution >= 4 is 29.2 Å². The van der Waals surface area contributed by atoms with E-state index in [1.54, 1.807) is 18.3 Å².